The maximum Gasteiger partial charge on any atom is 0.258 e. The normalized spacial score (nSPS) is 15.8. The van der Waals surface area contributed by atoms with Crippen LogP contribution < -0.4 is 0 Å². The van der Waals surface area contributed by atoms with Crippen LogP contribution in [0.15, 0.2) is 40.8 Å². The van der Waals surface area contributed by atoms with E-state index in [0.717, 1.165) is 23.9 Å². The van der Waals surface area contributed by atoms with Crippen molar-refractivity contribution in [2.24, 2.45) is 0 Å². The van der Waals surface area contributed by atoms with Gasteiger partial charge in [0.25, 0.3) is 5.91 Å². The minimum atomic E-state index is -0.224. The molecule has 1 fully saturated rings. The largest absolute Gasteiger partial charge is 0.452 e. The van der Waals surface area contributed by atoms with Gasteiger partial charge in [-0.1, -0.05) is 24.3 Å². The lowest BCUT2D eigenvalue weighted by Gasteiger charge is -2.32. The molecule has 128 valence electrons. The van der Waals surface area contributed by atoms with Gasteiger partial charge in [-0.15, -0.1) is 0 Å². The predicted octanol–water partition coefficient (Wildman–Crippen LogP) is 3.18. The molecule has 0 N–H and O–H groups in total. The van der Waals surface area contributed by atoms with Crippen LogP contribution in [0.2, 0.25) is 0 Å². The van der Waals surface area contributed by atoms with Crippen LogP contribution in [-0.2, 0) is 0 Å². The van der Waals surface area contributed by atoms with E-state index in [1.54, 1.807) is 0 Å². The van der Waals surface area contributed by atoms with E-state index >= 15 is 0 Å². The van der Waals surface area contributed by atoms with Crippen molar-refractivity contribution in [2.45, 2.75) is 6.92 Å². The maximum atomic E-state index is 13.1. The number of carbonyl (C=O) groups is 2. The summed E-state index contributed by atoms with van der Waals surface area (Å²) >= 11 is 0. The third kappa shape index (κ3) is 2.70. The van der Waals surface area contributed by atoms with Gasteiger partial charge in [-0.05, 0) is 30.0 Å². The number of ketones is 1. The number of carbonyl (C=O) groups excluding carboxylic acids is 2. The average Bonchev–Trinajstić information content (AvgIpc) is 2.98. The number of benzene rings is 2. The quantitative estimate of drug-likeness (QED) is 0.675. The minimum absolute atomic E-state index is 0.118. The third-order valence-corrected chi connectivity index (χ3v) is 4.88. The Bertz CT molecular complexity index is 981. The highest BCUT2D eigenvalue weighted by Crippen LogP contribution is 2.31. The van der Waals surface area contributed by atoms with Crippen LogP contribution in [-0.4, -0.2) is 54.7 Å². The molecular weight excluding hydrogens is 316 g/mol. The van der Waals surface area contributed by atoms with Crippen LogP contribution in [0.3, 0.4) is 0 Å². The summed E-state index contributed by atoms with van der Waals surface area (Å²) in [7, 11) is 2.04. The summed E-state index contributed by atoms with van der Waals surface area (Å²) in [5, 5.41) is 2.77. The summed E-state index contributed by atoms with van der Waals surface area (Å²) in [6.45, 7) is 4.43. The van der Waals surface area contributed by atoms with Crippen molar-refractivity contribution in [3.63, 3.8) is 0 Å². The summed E-state index contributed by atoms with van der Waals surface area (Å²) in [5.74, 6) is -0.181. The van der Waals surface area contributed by atoms with E-state index in [9.17, 15) is 9.59 Å². The summed E-state index contributed by atoms with van der Waals surface area (Å²) in [6.07, 6.45) is 0. The zero-order valence-corrected chi connectivity index (χ0v) is 14.4. The van der Waals surface area contributed by atoms with Crippen molar-refractivity contribution in [2.75, 3.05) is 33.2 Å². The fourth-order valence-corrected chi connectivity index (χ4v) is 3.41. The maximum absolute atomic E-state index is 13.1. The second-order valence-corrected chi connectivity index (χ2v) is 6.65. The SMILES string of the molecule is CC(=O)c1oc2cc3ccccc3cc2c1C(=O)N1CCN(C)CC1. The molecule has 2 heterocycles. The lowest BCUT2D eigenvalue weighted by Crippen LogP contribution is -2.47. The molecule has 0 atom stereocenters. The lowest BCUT2D eigenvalue weighted by molar-refractivity contribution is 0.0660. The van der Waals surface area contributed by atoms with E-state index in [2.05, 4.69) is 4.90 Å². The number of hydrogen-bond acceptors (Lipinski definition) is 4. The fraction of sp³-hybridized carbons (Fsp3) is 0.300. The molecule has 1 saturated heterocycles. The number of rotatable bonds is 2. The van der Waals surface area contributed by atoms with Crippen LogP contribution in [0.1, 0.15) is 27.8 Å². The number of likely N-dealkylation sites (N-methyl/N-ethyl adjacent to an activating group) is 1. The molecular formula is C20H20N2O3. The number of furan rings is 1. The number of piperazine rings is 1. The molecule has 0 saturated carbocycles. The van der Waals surface area contributed by atoms with Crippen molar-refractivity contribution in [1.82, 2.24) is 9.80 Å². The van der Waals surface area contributed by atoms with Gasteiger partial charge in [0, 0.05) is 38.5 Å². The molecule has 0 radical (unpaired) electrons. The van der Waals surface area contributed by atoms with Gasteiger partial charge in [0.1, 0.15) is 5.58 Å². The Morgan fingerprint density at radius 1 is 1.00 bits per heavy atom. The summed E-state index contributed by atoms with van der Waals surface area (Å²) < 4.78 is 5.79. The summed E-state index contributed by atoms with van der Waals surface area (Å²) in [4.78, 5) is 29.2. The predicted molar refractivity (Wildman–Crippen MR) is 97.1 cm³/mol. The molecule has 1 amide bonds. The highest BCUT2D eigenvalue weighted by atomic mass is 16.3. The van der Waals surface area contributed by atoms with Crippen LogP contribution >= 0.6 is 0 Å². The van der Waals surface area contributed by atoms with E-state index in [1.807, 2.05) is 48.3 Å². The number of fused-ring (bicyclic) bond motifs is 2. The lowest BCUT2D eigenvalue weighted by atomic mass is 10.0. The Kier molecular flexibility index (Phi) is 3.81. The zero-order chi connectivity index (χ0) is 17.6. The van der Waals surface area contributed by atoms with Crippen molar-refractivity contribution in [1.29, 1.82) is 0 Å². The molecule has 4 rings (SSSR count). The van der Waals surface area contributed by atoms with Crippen molar-refractivity contribution < 1.29 is 14.0 Å². The molecule has 2 aromatic carbocycles. The van der Waals surface area contributed by atoms with E-state index in [4.69, 9.17) is 4.42 Å². The third-order valence-electron chi connectivity index (χ3n) is 4.88. The van der Waals surface area contributed by atoms with Crippen LogP contribution in [0.25, 0.3) is 21.7 Å². The first kappa shape index (κ1) is 15.8. The number of nitrogens with zero attached hydrogens (tertiary/aromatic N) is 2. The van der Waals surface area contributed by atoms with Gasteiger partial charge in [-0.3, -0.25) is 9.59 Å². The molecule has 1 aliphatic heterocycles. The Hall–Kier alpha value is -2.66. The molecule has 25 heavy (non-hydrogen) atoms. The minimum Gasteiger partial charge on any atom is -0.452 e. The molecule has 5 nitrogen and oxygen atoms in total. The molecule has 5 heteroatoms. The Labute approximate surface area is 145 Å². The van der Waals surface area contributed by atoms with Crippen LogP contribution in [0.4, 0.5) is 0 Å². The second kappa shape index (κ2) is 6.01. The summed E-state index contributed by atoms with van der Waals surface area (Å²) in [6, 6.07) is 11.8. The van der Waals surface area contributed by atoms with Crippen LogP contribution in [0.5, 0.6) is 0 Å². The second-order valence-electron chi connectivity index (χ2n) is 6.65. The van der Waals surface area contributed by atoms with E-state index in [-0.39, 0.29) is 17.5 Å². The van der Waals surface area contributed by atoms with E-state index in [1.165, 1.54) is 6.92 Å². The van der Waals surface area contributed by atoms with E-state index < -0.39 is 0 Å². The highest BCUT2D eigenvalue weighted by Gasteiger charge is 2.29. The van der Waals surface area contributed by atoms with E-state index in [0.29, 0.717) is 29.6 Å². The van der Waals surface area contributed by atoms with Crippen LogP contribution in [0, 0.1) is 0 Å². The number of hydrogen-bond donors (Lipinski definition) is 0. The highest BCUT2D eigenvalue weighted by molar-refractivity contribution is 6.16. The first-order chi connectivity index (χ1) is 12.0. The van der Waals surface area contributed by atoms with Gasteiger partial charge in [0.05, 0.1) is 5.56 Å². The van der Waals surface area contributed by atoms with Crippen molar-refractivity contribution >= 4 is 33.4 Å². The standard InChI is InChI=1S/C20H20N2O3/c1-13(23)19-18(20(24)22-9-7-21(2)8-10-22)16-11-14-5-3-4-6-15(14)12-17(16)25-19/h3-6,11-12H,7-10H2,1-2H3. The topological polar surface area (TPSA) is 53.8 Å². The van der Waals surface area contributed by atoms with Crippen molar-refractivity contribution in [3.05, 3.63) is 47.7 Å². The average molecular weight is 336 g/mol. The molecule has 1 aliphatic rings. The van der Waals surface area contributed by atoms with Gasteiger partial charge in [0.15, 0.2) is 11.5 Å². The first-order valence-corrected chi connectivity index (χ1v) is 8.48. The van der Waals surface area contributed by atoms with Gasteiger partial charge in [-0.25, -0.2) is 0 Å². The monoisotopic (exact) mass is 336 g/mol. The van der Waals surface area contributed by atoms with Gasteiger partial charge >= 0.3 is 0 Å². The van der Waals surface area contributed by atoms with Gasteiger partial charge < -0.3 is 14.2 Å². The Balaban J connectivity index is 1.88. The molecule has 0 bridgehead atoms. The fourth-order valence-electron chi connectivity index (χ4n) is 3.41. The molecule has 3 aromatic rings. The molecule has 0 unspecified atom stereocenters. The number of amides is 1. The number of Topliss-reactive ketones (excluding diaryl/α,β-unsaturated/α-hetero) is 1. The summed E-state index contributed by atoms with van der Waals surface area (Å²) in [5.41, 5.74) is 0.985. The van der Waals surface area contributed by atoms with Crippen molar-refractivity contribution in [3.8, 4) is 0 Å². The first-order valence-electron chi connectivity index (χ1n) is 8.48. The smallest absolute Gasteiger partial charge is 0.258 e. The zero-order valence-electron chi connectivity index (χ0n) is 14.4. The molecule has 0 spiro atoms. The molecule has 0 aliphatic carbocycles. The Morgan fingerprint density at radius 2 is 1.64 bits per heavy atom. The van der Waals surface area contributed by atoms with Gasteiger partial charge in [0.2, 0.25) is 0 Å². The van der Waals surface area contributed by atoms with Gasteiger partial charge in [-0.2, -0.15) is 0 Å². The Morgan fingerprint density at radius 3 is 2.28 bits per heavy atom. The molecule has 1 aromatic heterocycles.